The van der Waals surface area contributed by atoms with Gasteiger partial charge in [-0.05, 0) is 67.5 Å². The molecule has 0 unspecified atom stereocenters. The molecule has 1 saturated heterocycles. The number of carbonyl (C=O) groups excluding carboxylic acids is 2. The molecular weight excluding hydrogens is 410 g/mol. The number of carbonyl (C=O) groups is 2. The summed E-state index contributed by atoms with van der Waals surface area (Å²) in [6.07, 6.45) is 5.17. The van der Waals surface area contributed by atoms with Gasteiger partial charge in [0, 0.05) is 50.0 Å². The van der Waals surface area contributed by atoms with Crippen molar-refractivity contribution in [1.29, 1.82) is 0 Å². The Morgan fingerprint density at radius 2 is 1.64 bits per heavy atom. The van der Waals surface area contributed by atoms with Gasteiger partial charge in [0.2, 0.25) is 5.91 Å². The molecule has 0 radical (unpaired) electrons. The summed E-state index contributed by atoms with van der Waals surface area (Å²) >= 11 is 0. The molecule has 2 heterocycles. The number of pyridine rings is 1. The highest BCUT2D eigenvalue weighted by Crippen LogP contribution is 2.24. The maximum Gasteiger partial charge on any atom is 0.223 e. The molecule has 2 aliphatic rings. The molecule has 2 aromatic carbocycles. The van der Waals surface area contributed by atoms with Crippen LogP contribution in [-0.4, -0.2) is 47.8 Å². The summed E-state index contributed by atoms with van der Waals surface area (Å²) in [6, 6.07) is 16.4. The number of hydrogen-bond donors (Lipinski definition) is 0. The van der Waals surface area contributed by atoms with Gasteiger partial charge >= 0.3 is 0 Å². The van der Waals surface area contributed by atoms with Crippen molar-refractivity contribution >= 4 is 28.4 Å². The number of rotatable bonds is 5. The predicted octanol–water partition coefficient (Wildman–Crippen LogP) is 4.73. The van der Waals surface area contributed by atoms with Crippen LogP contribution in [0.5, 0.6) is 0 Å². The van der Waals surface area contributed by atoms with Crippen LogP contribution in [0.25, 0.3) is 10.9 Å². The van der Waals surface area contributed by atoms with Gasteiger partial charge in [-0.2, -0.15) is 0 Å². The minimum atomic E-state index is 0.0728. The monoisotopic (exact) mass is 441 g/mol. The number of benzene rings is 2. The van der Waals surface area contributed by atoms with Crippen molar-refractivity contribution in [2.24, 2.45) is 0 Å². The number of nitrogens with zero attached hydrogens (tertiary/aromatic N) is 3. The summed E-state index contributed by atoms with van der Waals surface area (Å²) in [5.41, 5.74) is 5.67. The van der Waals surface area contributed by atoms with E-state index < -0.39 is 0 Å². The molecule has 0 saturated carbocycles. The Kier molecular flexibility index (Phi) is 6.12. The van der Waals surface area contributed by atoms with Gasteiger partial charge < -0.3 is 9.80 Å². The van der Waals surface area contributed by atoms with Crippen LogP contribution >= 0.6 is 0 Å². The molecule has 5 rings (SSSR count). The molecule has 0 bridgehead atoms. The van der Waals surface area contributed by atoms with Gasteiger partial charge in [-0.1, -0.05) is 30.3 Å². The van der Waals surface area contributed by atoms with Crippen LogP contribution in [0.15, 0.2) is 48.5 Å². The highest BCUT2D eigenvalue weighted by Gasteiger charge is 2.23. The van der Waals surface area contributed by atoms with Crippen LogP contribution in [0.3, 0.4) is 0 Å². The number of aryl methyl sites for hydroxylation is 3. The minimum Gasteiger partial charge on any atom is -0.353 e. The van der Waals surface area contributed by atoms with E-state index in [4.69, 9.17) is 4.98 Å². The first-order chi connectivity index (χ1) is 16.1. The lowest BCUT2D eigenvalue weighted by atomic mass is 9.89. The molecule has 0 atom stereocenters. The normalized spacial score (nSPS) is 16.0. The third-order valence-corrected chi connectivity index (χ3v) is 7.10. The zero-order valence-corrected chi connectivity index (χ0v) is 19.3. The average molecular weight is 442 g/mol. The molecule has 3 aromatic rings. The maximum atomic E-state index is 12.8. The number of fused-ring (bicyclic) bond motifs is 2. The molecule has 1 fully saturated rings. The summed E-state index contributed by atoms with van der Waals surface area (Å²) in [4.78, 5) is 34.5. The lowest BCUT2D eigenvalue weighted by molar-refractivity contribution is -0.131. The first-order valence-electron chi connectivity index (χ1n) is 12.1. The van der Waals surface area contributed by atoms with Crippen molar-refractivity contribution in [2.45, 2.75) is 45.4 Å². The second kappa shape index (κ2) is 9.34. The molecule has 5 heteroatoms. The van der Waals surface area contributed by atoms with Crippen molar-refractivity contribution in [3.8, 4) is 0 Å². The number of piperazine rings is 1. The van der Waals surface area contributed by atoms with Gasteiger partial charge in [0.15, 0.2) is 5.78 Å². The van der Waals surface area contributed by atoms with Crippen molar-refractivity contribution < 1.29 is 9.59 Å². The molecular formula is C28H31N3O2. The van der Waals surface area contributed by atoms with E-state index in [1.807, 2.05) is 29.2 Å². The van der Waals surface area contributed by atoms with Crippen LogP contribution in [0.4, 0.5) is 5.82 Å². The molecule has 0 spiro atoms. The third-order valence-electron chi connectivity index (χ3n) is 7.10. The molecule has 5 nitrogen and oxygen atoms in total. The van der Waals surface area contributed by atoms with Crippen molar-refractivity contribution in [3.05, 3.63) is 70.8 Å². The van der Waals surface area contributed by atoms with Gasteiger partial charge in [-0.25, -0.2) is 4.98 Å². The number of anilines is 1. The quantitative estimate of drug-likeness (QED) is 0.537. The van der Waals surface area contributed by atoms with Gasteiger partial charge in [-0.15, -0.1) is 0 Å². The van der Waals surface area contributed by atoms with E-state index in [-0.39, 0.29) is 24.5 Å². The van der Waals surface area contributed by atoms with Gasteiger partial charge in [0.25, 0.3) is 0 Å². The first-order valence-corrected chi connectivity index (χ1v) is 12.1. The average Bonchev–Trinajstić information content (AvgIpc) is 2.87. The lowest BCUT2D eigenvalue weighted by Gasteiger charge is -2.35. The van der Waals surface area contributed by atoms with E-state index in [1.165, 1.54) is 34.9 Å². The third kappa shape index (κ3) is 4.63. The Morgan fingerprint density at radius 1 is 0.879 bits per heavy atom. The van der Waals surface area contributed by atoms with E-state index in [0.717, 1.165) is 42.8 Å². The zero-order valence-electron chi connectivity index (χ0n) is 19.3. The van der Waals surface area contributed by atoms with E-state index in [0.29, 0.717) is 13.1 Å². The van der Waals surface area contributed by atoms with E-state index in [2.05, 4.69) is 36.1 Å². The van der Waals surface area contributed by atoms with Crippen LogP contribution in [0.1, 0.15) is 52.7 Å². The number of Topliss-reactive ketones (excluding diaryl/α,β-unsaturated/α-hetero) is 1. The fourth-order valence-corrected chi connectivity index (χ4v) is 5.11. The number of aromatic nitrogens is 1. The SMILES string of the molecule is Cc1cc(N2CCN(C(=O)CCC(=O)c3ccc4c(c3)CCCC4)CC2)nc2ccccc12. The number of hydrogen-bond acceptors (Lipinski definition) is 4. The van der Waals surface area contributed by atoms with Crippen molar-refractivity contribution in [3.63, 3.8) is 0 Å². The van der Waals surface area contributed by atoms with Gasteiger partial charge in [0.1, 0.15) is 5.82 Å². The lowest BCUT2D eigenvalue weighted by Crippen LogP contribution is -2.49. The van der Waals surface area contributed by atoms with E-state index in [1.54, 1.807) is 0 Å². The molecule has 1 aliphatic heterocycles. The molecule has 1 aromatic heterocycles. The number of ketones is 1. The van der Waals surface area contributed by atoms with Crippen molar-refractivity contribution in [1.82, 2.24) is 9.88 Å². The molecule has 1 amide bonds. The number of amides is 1. The predicted molar refractivity (Wildman–Crippen MR) is 132 cm³/mol. The minimum absolute atomic E-state index is 0.0728. The van der Waals surface area contributed by atoms with Crippen LogP contribution in [0.2, 0.25) is 0 Å². The largest absolute Gasteiger partial charge is 0.353 e. The highest BCUT2D eigenvalue weighted by molar-refractivity contribution is 5.98. The fourth-order valence-electron chi connectivity index (χ4n) is 5.11. The summed E-state index contributed by atoms with van der Waals surface area (Å²) in [5, 5.41) is 1.18. The van der Waals surface area contributed by atoms with E-state index in [9.17, 15) is 9.59 Å². The highest BCUT2D eigenvalue weighted by atomic mass is 16.2. The van der Waals surface area contributed by atoms with Gasteiger partial charge in [-0.3, -0.25) is 9.59 Å². The smallest absolute Gasteiger partial charge is 0.223 e. The first kappa shape index (κ1) is 21.6. The fraction of sp³-hybridized carbons (Fsp3) is 0.393. The molecule has 1 aliphatic carbocycles. The van der Waals surface area contributed by atoms with E-state index >= 15 is 0 Å². The second-order valence-corrected chi connectivity index (χ2v) is 9.30. The zero-order chi connectivity index (χ0) is 22.8. The van der Waals surface area contributed by atoms with Crippen molar-refractivity contribution in [2.75, 3.05) is 31.1 Å². The standard InChI is InChI=1S/C28H31N3O2/c1-20-18-27(29-25-9-5-4-8-24(20)25)30-14-16-31(17-15-30)28(33)13-12-26(32)23-11-10-21-6-2-3-7-22(21)19-23/h4-5,8-11,18-19H,2-3,6-7,12-17H2,1H3. The summed E-state index contributed by atoms with van der Waals surface area (Å²) in [5.74, 6) is 1.12. The van der Waals surface area contributed by atoms with Crippen LogP contribution in [-0.2, 0) is 17.6 Å². The topological polar surface area (TPSA) is 53.5 Å². The molecule has 0 N–H and O–H groups in total. The second-order valence-electron chi connectivity index (χ2n) is 9.30. The Bertz CT molecular complexity index is 1190. The summed E-state index contributed by atoms with van der Waals surface area (Å²) < 4.78 is 0. The van der Waals surface area contributed by atoms with Gasteiger partial charge in [0.05, 0.1) is 5.52 Å². The number of para-hydroxylation sites is 1. The Balaban J connectivity index is 1.15. The molecule has 33 heavy (non-hydrogen) atoms. The van der Waals surface area contributed by atoms with Crippen LogP contribution in [0, 0.1) is 6.92 Å². The Hall–Kier alpha value is -3.21. The molecule has 170 valence electrons. The Morgan fingerprint density at radius 3 is 2.45 bits per heavy atom. The van der Waals surface area contributed by atoms with Crippen LogP contribution < -0.4 is 4.90 Å². The summed E-state index contributed by atoms with van der Waals surface area (Å²) in [7, 11) is 0. The summed E-state index contributed by atoms with van der Waals surface area (Å²) in [6.45, 7) is 4.97. The maximum absolute atomic E-state index is 12.8. The Labute approximate surface area is 195 Å².